The van der Waals surface area contributed by atoms with Gasteiger partial charge >= 0.3 is 6.18 Å². The summed E-state index contributed by atoms with van der Waals surface area (Å²) in [6.07, 6.45) is -3.87. The van der Waals surface area contributed by atoms with Crippen LogP contribution in [0.5, 0.6) is 11.5 Å². The first-order valence-electron chi connectivity index (χ1n) is 7.98. The van der Waals surface area contributed by atoms with Gasteiger partial charge in [0.15, 0.2) is 0 Å². The summed E-state index contributed by atoms with van der Waals surface area (Å²) < 4.78 is 43.3. The molecule has 0 bridgehead atoms. The standard InChI is InChI=1S/C20H16F3NO2/c21-20(22,23)15-6-10-18(11-7-15)26-17-8-4-14(5-9-17)19-3-1-2-16(24-19)12-13-25/h1-11,25H,12-13H2. The fourth-order valence-corrected chi connectivity index (χ4v) is 2.44. The van der Waals surface area contributed by atoms with E-state index in [0.717, 1.165) is 29.1 Å². The number of ether oxygens (including phenoxy) is 1. The van der Waals surface area contributed by atoms with Crippen LogP contribution in [0.25, 0.3) is 11.3 Å². The molecular formula is C20H16F3NO2. The van der Waals surface area contributed by atoms with Crippen molar-refractivity contribution >= 4 is 0 Å². The van der Waals surface area contributed by atoms with Crippen LogP contribution in [-0.2, 0) is 12.6 Å². The first-order chi connectivity index (χ1) is 12.5. The minimum absolute atomic E-state index is 0.0381. The van der Waals surface area contributed by atoms with Gasteiger partial charge < -0.3 is 9.84 Å². The number of halogens is 3. The summed E-state index contributed by atoms with van der Waals surface area (Å²) in [6, 6.07) is 17.2. The fourth-order valence-electron chi connectivity index (χ4n) is 2.44. The van der Waals surface area contributed by atoms with E-state index in [1.165, 1.54) is 12.1 Å². The second-order valence-electron chi connectivity index (χ2n) is 5.64. The van der Waals surface area contributed by atoms with E-state index in [9.17, 15) is 13.2 Å². The summed E-state index contributed by atoms with van der Waals surface area (Å²) in [5.74, 6) is 0.842. The number of pyridine rings is 1. The van der Waals surface area contributed by atoms with Crippen molar-refractivity contribution in [2.24, 2.45) is 0 Å². The Balaban J connectivity index is 1.73. The largest absolute Gasteiger partial charge is 0.457 e. The minimum atomic E-state index is -4.36. The van der Waals surface area contributed by atoms with Crippen molar-refractivity contribution in [1.29, 1.82) is 0 Å². The first kappa shape index (κ1) is 17.9. The molecule has 2 aromatic carbocycles. The van der Waals surface area contributed by atoms with E-state index in [1.807, 2.05) is 30.3 Å². The zero-order valence-corrected chi connectivity index (χ0v) is 13.7. The molecule has 0 aliphatic carbocycles. The lowest BCUT2D eigenvalue weighted by molar-refractivity contribution is -0.137. The quantitative estimate of drug-likeness (QED) is 0.690. The molecule has 1 aromatic heterocycles. The Morgan fingerprint density at radius 2 is 1.46 bits per heavy atom. The molecule has 1 heterocycles. The van der Waals surface area contributed by atoms with Crippen LogP contribution in [0.1, 0.15) is 11.3 Å². The van der Waals surface area contributed by atoms with Gasteiger partial charge in [0.25, 0.3) is 0 Å². The van der Waals surface area contributed by atoms with Crippen molar-refractivity contribution < 1.29 is 23.0 Å². The highest BCUT2D eigenvalue weighted by atomic mass is 19.4. The Morgan fingerprint density at radius 1 is 0.846 bits per heavy atom. The Kier molecular flexibility index (Phi) is 5.23. The number of nitrogens with zero attached hydrogens (tertiary/aromatic N) is 1. The van der Waals surface area contributed by atoms with Gasteiger partial charge in [-0.2, -0.15) is 13.2 Å². The maximum Gasteiger partial charge on any atom is 0.416 e. The van der Waals surface area contributed by atoms with Gasteiger partial charge in [0, 0.05) is 24.3 Å². The molecule has 0 atom stereocenters. The number of benzene rings is 2. The number of rotatable bonds is 5. The molecule has 0 aliphatic heterocycles. The molecule has 0 unspecified atom stereocenters. The average molecular weight is 359 g/mol. The maximum atomic E-state index is 12.6. The molecule has 134 valence electrons. The summed E-state index contributed by atoms with van der Waals surface area (Å²) in [4.78, 5) is 4.47. The lowest BCUT2D eigenvalue weighted by Crippen LogP contribution is -2.03. The molecule has 6 heteroatoms. The van der Waals surface area contributed by atoms with Crippen LogP contribution in [0.3, 0.4) is 0 Å². The van der Waals surface area contributed by atoms with Crippen molar-refractivity contribution in [1.82, 2.24) is 4.98 Å². The highest BCUT2D eigenvalue weighted by molar-refractivity contribution is 5.60. The van der Waals surface area contributed by atoms with Crippen LogP contribution in [0, 0.1) is 0 Å². The highest BCUT2D eigenvalue weighted by Gasteiger charge is 2.30. The van der Waals surface area contributed by atoms with Crippen molar-refractivity contribution in [2.75, 3.05) is 6.61 Å². The van der Waals surface area contributed by atoms with Crippen LogP contribution < -0.4 is 4.74 Å². The second-order valence-corrected chi connectivity index (χ2v) is 5.64. The smallest absolute Gasteiger partial charge is 0.416 e. The highest BCUT2D eigenvalue weighted by Crippen LogP contribution is 2.31. The lowest BCUT2D eigenvalue weighted by atomic mass is 10.1. The van der Waals surface area contributed by atoms with E-state index in [2.05, 4.69) is 4.98 Å². The maximum absolute atomic E-state index is 12.6. The zero-order chi connectivity index (χ0) is 18.6. The Bertz CT molecular complexity index is 859. The molecule has 0 spiro atoms. The lowest BCUT2D eigenvalue weighted by Gasteiger charge is -2.09. The number of hydrogen-bond acceptors (Lipinski definition) is 3. The Morgan fingerprint density at radius 3 is 2.04 bits per heavy atom. The predicted molar refractivity (Wildman–Crippen MR) is 92.0 cm³/mol. The van der Waals surface area contributed by atoms with Gasteiger partial charge in [0.05, 0.1) is 11.3 Å². The number of alkyl halides is 3. The molecule has 0 amide bonds. The summed E-state index contributed by atoms with van der Waals surface area (Å²) in [5.41, 5.74) is 1.74. The van der Waals surface area contributed by atoms with E-state index in [-0.39, 0.29) is 6.61 Å². The van der Waals surface area contributed by atoms with Gasteiger partial charge in [-0.15, -0.1) is 0 Å². The monoisotopic (exact) mass is 359 g/mol. The molecule has 1 N–H and O–H groups in total. The average Bonchev–Trinajstić information content (AvgIpc) is 2.63. The van der Waals surface area contributed by atoms with Gasteiger partial charge in [-0.1, -0.05) is 6.07 Å². The third kappa shape index (κ3) is 4.40. The third-order valence-electron chi connectivity index (χ3n) is 3.74. The fraction of sp³-hybridized carbons (Fsp3) is 0.150. The molecule has 26 heavy (non-hydrogen) atoms. The summed E-state index contributed by atoms with van der Waals surface area (Å²) in [6.45, 7) is 0.0381. The van der Waals surface area contributed by atoms with Crippen LogP contribution in [-0.4, -0.2) is 16.7 Å². The summed E-state index contributed by atoms with van der Waals surface area (Å²) in [7, 11) is 0. The van der Waals surface area contributed by atoms with Gasteiger partial charge in [0.1, 0.15) is 11.5 Å². The van der Waals surface area contributed by atoms with Crippen LogP contribution in [0.15, 0.2) is 66.7 Å². The second kappa shape index (κ2) is 7.58. The molecule has 0 aliphatic rings. The molecule has 0 fully saturated rings. The minimum Gasteiger partial charge on any atom is -0.457 e. The predicted octanol–water partition coefficient (Wildman–Crippen LogP) is 5.09. The van der Waals surface area contributed by atoms with E-state index >= 15 is 0 Å². The van der Waals surface area contributed by atoms with Gasteiger partial charge in [0.2, 0.25) is 0 Å². The summed E-state index contributed by atoms with van der Waals surface area (Å²) in [5, 5.41) is 9.00. The van der Waals surface area contributed by atoms with E-state index in [0.29, 0.717) is 17.9 Å². The van der Waals surface area contributed by atoms with Gasteiger partial charge in [-0.3, -0.25) is 4.98 Å². The zero-order valence-electron chi connectivity index (χ0n) is 13.7. The molecule has 0 saturated heterocycles. The molecular weight excluding hydrogens is 343 g/mol. The number of aliphatic hydroxyl groups excluding tert-OH is 1. The first-order valence-corrected chi connectivity index (χ1v) is 7.98. The number of aliphatic hydroxyl groups is 1. The number of hydrogen-bond donors (Lipinski definition) is 1. The van der Waals surface area contributed by atoms with Crippen molar-refractivity contribution in [3.63, 3.8) is 0 Å². The van der Waals surface area contributed by atoms with Crippen molar-refractivity contribution in [3.8, 4) is 22.8 Å². The number of aromatic nitrogens is 1. The van der Waals surface area contributed by atoms with Gasteiger partial charge in [-0.05, 0) is 60.7 Å². The van der Waals surface area contributed by atoms with Crippen molar-refractivity contribution in [2.45, 2.75) is 12.6 Å². The Hall–Kier alpha value is -2.86. The third-order valence-corrected chi connectivity index (χ3v) is 3.74. The van der Waals surface area contributed by atoms with Crippen molar-refractivity contribution in [3.05, 3.63) is 78.0 Å². The van der Waals surface area contributed by atoms with Crippen LogP contribution in [0.2, 0.25) is 0 Å². The molecule has 0 radical (unpaired) electrons. The van der Waals surface area contributed by atoms with Crippen LogP contribution in [0.4, 0.5) is 13.2 Å². The van der Waals surface area contributed by atoms with E-state index in [1.54, 1.807) is 12.1 Å². The SMILES string of the molecule is OCCc1cccc(-c2ccc(Oc3ccc(C(F)(F)F)cc3)cc2)n1. The molecule has 0 saturated carbocycles. The molecule has 3 aromatic rings. The van der Waals surface area contributed by atoms with Gasteiger partial charge in [-0.25, -0.2) is 0 Å². The molecule has 3 rings (SSSR count). The van der Waals surface area contributed by atoms with E-state index < -0.39 is 11.7 Å². The van der Waals surface area contributed by atoms with E-state index in [4.69, 9.17) is 9.84 Å². The van der Waals surface area contributed by atoms with Crippen LogP contribution >= 0.6 is 0 Å². The normalized spacial score (nSPS) is 11.4. The summed E-state index contributed by atoms with van der Waals surface area (Å²) >= 11 is 0. The molecule has 3 nitrogen and oxygen atoms in total. The Labute approximate surface area is 148 Å². The topological polar surface area (TPSA) is 42.4 Å².